The lowest BCUT2D eigenvalue weighted by Crippen LogP contribution is -2.26. The molecule has 0 saturated carbocycles. The average Bonchev–Trinajstić information content (AvgIpc) is 2.08. The van der Waals surface area contributed by atoms with Crippen molar-refractivity contribution in [1.82, 2.24) is 0 Å². The van der Waals surface area contributed by atoms with E-state index in [2.05, 4.69) is 0 Å². The van der Waals surface area contributed by atoms with E-state index in [1.54, 1.807) is 0 Å². The highest BCUT2D eigenvalue weighted by Crippen LogP contribution is 2.34. The van der Waals surface area contributed by atoms with Gasteiger partial charge in [0.2, 0.25) is 0 Å². The third kappa shape index (κ3) is 1.77. The maximum Gasteiger partial charge on any atom is 0.379 e. The van der Waals surface area contributed by atoms with Crippen LogP contribution < -0.4 is 5.73 Å². The fraction of sp³-hybridized carbons (Fsp3) is 0.125. The van der Waals surface area contributed by atoms with E-state index in [0.29, 0.717) is 0 Å². The van der Waals surface area contributed by atoms with E-state index in [0.717, 1.165) is 12.1 Å². The number of alkyl halides is 2. The van der Waals surface area contributed by atoms with Gasteiger partial charge in [-0.2, -0.15) is 8.78 Å². The highest BCUT2D eigenvalue weighted by molar-refractivity contribution is 6.30. The topological polar surface area (TPSA) is 63.3 Å². The average molecular weight is 222 g/mol. The van der Waals surface area contributed by atoms with Gasteiger partial charge in [-0.1, -0.05) is 11.6 Å². The molecule has 0 saturated heterocycles. The predicted octanol–water partition coefficient (Wildman–Crippen LogP) is 2.10. The highest BCUT2D eigenvalue weighted by atomic mass is 35.5. The summed E-state index contributed by atoms with van der Waals surface area (Å²) in [7, 11) is 0. The van der Waals surface area contributed by atoms with Gasteiger partial charge in [-0.15, -0.1) is 0 Å². The third-order valence-corrected chi connectivity index (χ3v) is 1.86. The zero-order chi connectivity index (χ0) is 10.9. The van der Waals surface area contributed by atoms with Crippen LogP contribution in [0.1, 0.15) is 5.56 Å². The first kappa shape index (κ1) is 10.7. The number of benzene rings is 1. The van der Waals surface area contributed by atoms with Gasteiger partial charge in [-0.05, 0) is 18.2 Å². The summed E-state index contributed by atoms with van der Waals surface area (Å²) >= 11 is 5.45. The largest absolute Gasteiger partial charge is 0.477 e. The molecule has 0 radical (unpaired) electrons. The quantitative estimate of drug-likeness (QED) is 0.752. The Kier molecular flexibility index (Phi) is 2.62. The lowest BCUT2D eigenvalue weighted by molar-refractivity contribution is -0.166. The van der Waals surface area contributed by atoms with Crippen molar-refractivity contribution in [3.8, 4) is 0 Å². The van der Waals surface area contributed by atoms with Crippen LogP contribution in [0.5, 0.6) is 0 Å². The first-order chi connectivity index (χ1) is 6.35. The molecule has 0 aliphatic heterocycles. The summed E-state index contributed by atoms with van der Waals surface area (Å²) in [5, 5.41) is 8.27. The van der Waals surface area contributed by atoms with Gasteiger partial charge in [0.15, 0.2) is 0 Å². The number of halogens is 3. The number of carboxylic acids is 1. The summed E-state index contributed by atoms with van der Waals surface area (Å²) < 4.78 is 26.0. The molecule has 1 rings (SSSR count). The van der Waals surface area contributed by atoms with Crippen molar-refractivity contribution in [2.75, 3.05) is 5.73 Å². The number of hydrogen-bond acceptors (Lipinski definition) is 2. The van der Waals surface area contributed by atoms with Crippen LogP contribution in [-0.2, 0) is 10.7 Å². The van der Waals surface area contributed by atoms with Crippen LogP contribution in [0.15, 0.2) is 18.2 Å². The predicted molar refractivity (Wildman–Crippen MR) is 47.4 cm³/mol. The van der Waals surface area contributed by atoms with Crippen molar-refractivity contribution in [1.29, 1.82) is 0 Å². The molecular weight excluding hydrogens is 216 g/mol. The number of nitrogen functional groups attached to an aromatic ring is 1. The van der Waals surface area contributed by atoms with Gasteiger partial charge in [-0.25, -0.2) is 4.79 Å². The number of nitrogens with two attached hydrogens (primary N) is 1. The fourth-order valence-corrected chi connectivity index (χ4v) is 1.09. The molecule has 0 unspecified atom stereocenters. The Balaban J connectivity index is 3.31. The Morgan fingerprint density at radius 1 is 1.50 bits per heavy atom. The molecular formula is C8H6ClF2NO2. The van der Waals surface area contributed by atoms with Crippen molar-refractivity contribution in [2.24, 2.45) is 0 Å². The molecule has 1 aromatic carbocycles. The van der Waals surface area contributed by atoms with Crippen LogP contribution >= 0.6 is 11.6 Å². The van der Waals surface area contributed by atoms with E-state index in [1.165, 1.54) is 6.07 Å². The van der Waals surface area contributed by atoms with Gasteiger partial charge in [0, 0.05) is 10.7 Å². The normalized spacial score (nSPS) is 11.4. The lowest BCUT2D eigenvalue weighted by atomic mass is 10.1. The van der Waals surface area contributed by atoms with Crippen molar-refractivity contribution in [3.63, 3.8) is 0 Å². The Morgan fingerprint density at radius 3 is 2.57 bits per heavy atom. The zero-order valence-corrected chi connectivity index (χ0v) is 7.55. The van der Waals surface area contributed by atoms with Crippen molar-refractivity contribution >= 4 is 23.3 Å². The summed E-state index contributed by atoms with van der Waals surface area (Å²) in [4.78, 5) is 10.2. The second-order valence-corrected chi connectivity index (χ2v) is 3.05. The molecule has 0 heterocycles. The Morgan fingerprint density at radius 2 is 2.07 bits per heavy atom. The number of anilines is 1. The maximum absolute atomic E-state index is 13.0. The van der Waals surface area contributed by atoms with Crippen LogP contribution in [0.4, 0.5) is 14.5 Å². The molecule has 0 aromatic heterocycles. The number of carbonyl (C=O) groups is 1. The van der Waals surface area contributed by atoms with Gasteiger partial charge in [0.1, 0.15) is 0 Å². The van der Waals surface area contributed by atoms with Gasteiger partial charge in [0.25, 0.3) is 0 Å². The number of carboxylic acid groups (broad SMARTS) is 1. The SMILES string of the molecule is Nc1ccc(Cl)cc1C(F)(F)C(=O)O. The number of rotatable bonds is 2. The first-order valence-electron chi connectivity index (χ1n) is 3.52. The van der Waals surface area contributed by atoms with E-state index in [-0.39, 0.29) is 10.7 Å². The zero-order valence-electron chi connectivity index (χ0n) is 6.80. The monoisotopic (exact) mass is 221 g/mol. The van der Waals surface area contributed by atoms with Gasteiger partial charge in [-0.3, -0.25) is 0 Å². The Bertz CT molecular complexity index is 382. The fourth-order valence-electron chi connectivity index (χ4n) is 0.916. The van der Waals surface area contributed by atoms with Crippen molar-refractivity contribution in [3.05, 3.63) is 28.8 Å². The van der Waals surface area contributed by atoms with E-state index in [1.807, 2.05) is 0 Å². The molecule has 0 bridgehead atoms. The summed E-state index contributed by atoms with van der Waals surface area (Å²) in [6.45, 7) is 0. The highest BCUT2D eigenvalue weighted by Gasteiger charge is 2.42. The summed E-state index contributed by atoms with van der Waals surface area (Å²) in [5.41, 5.74) is 4.11. The molecule has 0 amide bonds. The van der Waals surface area contributed by atoms with E-state index < -0.39 is 17.5 Å². The number of aliphatic carboxylic acids is 1. The number of hydrogen-bond donors (Lipinski definition) is 2. The maximum atomic E-state index is 13.0. The summed E-state index contributed by atoms with van der Waals surface area (Å²) in [6, 6.07) is 3.28. The van der Waals surface area contributed by atoms with Crippen LogP contribution in [0.3, 0.4) is 0 Å². The molecule has 0 fully saturated rings. The minimum absolute atomic E-state index is 0.00938. The third-order valence-electron chi connectivity index (χ3n) is 1.62. The second kappa shape index (κ2) is 3.42. The molecule has 3 N–H and O–H groups in total. The Labute approximate surface area is 83.1 Å². The molecule has 0 aliphatic rings. The molecule has 3 nitrogen and oxygen atoms in total. The molecule has 0 atom stereocenters. The molecule has 76 valence electrons. The molecule has 1 aromatic rings. The molecule has 0 spiro atoms. The Hall–Kier alpha value is -1.36. The first-order valence-corrected chi connectivity index (χ1v) is 3.90. The van der Waals surface area contributed by atoms with Gasteiger partial charge >= 0.3 is 11.9 Å². The second-order valence-electron chi connectivity index (χ2n) is 2.61. The lowest BCUT2D eigenvalue weighted by Gasteiger charge is -2.13. The van der Waals surface area contributed by atoms with Crippen molar-refractivity contribution in [2.45, 2.75) is 5.92 Å². The van der Waals surface area contributed by atoms with Gasteiger partial charge < -0.3 is 10.8 Å². The minimum Gasteiger partial charge on any atom is -0.477 e. The molecule has 0 aliphatic carbocycles. The molecule has 14 heavy (non-hydrogen) atoms. The van der Waals surface area contributed by atoms with Crippen molar-refractivity contribution < 1.29 is 18.7 Å². The van der Waals surface area contributed by atoms with Crippen LogP contribution in [0.25, 0.3) is 0 Å². The van der Waals surface area contributed by atoms with Crippen LogP contribution in [0.2, 0.25) is 5.02 Å². The van der Waals surface area contributed by atoms with Crippen LogP contribution in [-0.4, -0.2) is 11.1 Å². The standard InChI is InChI=1S/C8H6ClF2NO2/c9-4-1-2-6(12)5(3-4)8(10,11)7(13)14/h1-3H,12H2,(H,13,14). The van der Waals surface area contributed by atoms with E-state index >= 15 is 0 Å². The smallest absolute Gasteiger partial charge is 0.379 e. The molecule has 6 heteroatoms. The van der Waals surface area contributed by atoms with E-state index in [4.69, 9.17) is 22.4 Å². The van der Waals surface area contributed by atoms with Gasteiger partial charge in [0.05, 0.1) is 5.56 Å². The van der Waals surface area contributed by atoms with E-state index in [9.17, 15) is 13.6 Å². The van der Waals surface area contributed by atoms with Crippen LogP contribution in [0, 0.1) is 0 Å². The summed E-state index contributed by atoms with van der Waals surface area (Å²) in [6.07, 6.45) is 0. The summed E-state index contributed by atoms with van der Waals surface area (Å²) in [5.74, 6) is -6.28. The minimum atomic E-state index is -4.02.